The first-order valence-electron chi connectivity index (χ1n) is 6.77. The van der Waals surface area contributed by atoms with Gasteiger partial charge in [-0.2, -0.15) is 0 Å². The van der Waals surface area contributed by atoms with E-state index in [1.165, 1.54) is 21.0 Å². The van der Waals surface area contributed by atoms with Crippen molar-refractivity contribution in [2.24, 2.45) is 0 Å². The van der Waals surface area contributed by atoms with E-state index in [-0.39, 0.29) is 18.8 Å². The molecule has 1 rings (SSSR count). The van der Waals surface area contributed by atoms with Crippen LogP contribution in [0.2, 0.25) is 0 Å². The second kappa shape index (κ2) is 10.5. The molecule has 4 nitrogen and oxygen atoms in total. The zero-order valence-electron chi connectivity index (χ0n) is 12.2. The maximum Gasteiger partial charge on any atom is 0.245 e. The van der Waals surface area contributed by atoms with Crippen molar-refractivity contribution in [2.75, 3.05) is 13.7 Å². The van der Waals surface area contributed by atoms with Crippen LogP contribution in [-0.2, 0) is 14.3 Å². The van der Waals surface area contributed by atoms with Gasteiger partial charge in [0.15, 0.2) is 6.29 Å². The summed E-state index contributed by atoms with van der Waals surface area (Å²) >= 11 is 0. The molecule has 0 spiro atoms. The minimum atomic E-state index is -0.276. The zero-order valence-corrected chi connectivity index (χ0v) is 13.0. The van der Waals surface area contributed by atoms with Crippen molar-refractivity contribution in [1.82, 2.24) is 5.32 Å². The summed E-state index contributed by atoms with van der Waals surface area (Å²) in [7, 11) is 2.89. The number of ether oxygens (including phenoxy) is 2. The summed E-state index contributed by atoms with van der Waals surface area (Å²) in [6.45, 7) is 8.23. The van der Waals surface area contributed by atoms with Crippen molar-refractivity contribution < 1.29 is 14.3 Å². The fourth-order valence-electron chi connectivity index (χ4n) is 1.30. The van der Waals surface area contributed by atoms with Gasteiger partial charge in [0.1, 0.15) is 6.61 Å². The summed E-state index contributed by atoms with van der Waals surface area (Å²) in [4.78, 5) is 11.0. The molecule has 0 fully saturated rings. The van der Waals surface area contributed by atoms with Gasteiger partial charge < -0.3 is 14.8 Å². The first-order valence-corrected chi connectivity index (χ1v) is 7.74. The highest BCUT2D eigenvalue weighted by Crippen LogP contribution is 2.35. The molecule has 0 aromatic heterocycles. The first kappa shape index (κ1) is 17.6. The smallest absolute Gasteiger partial charge is 0.245 e. The van der Waals surface area contributed by atoms with E-state index in [0.29, 0.717) is 5.66 Å². The fourth-order valence-corrected chi connectivity index (χ4v) is 2.29. The van der Waals surface area contributed by atoms with Crippen molar-refractivity contribution in [3.05, 3.63) is 0 Å². The van der Waals surface area contributed by atoms with E-state index in [1.54, 1.807) is 7.05 Å². The van der Waals surface area contributed by atoms with Crippen LogP contribution in [0.15, 0.2) is 0 Å². The summed E-state index contributed by atoms with van der Waals surface area (Å²) in [5, 5.41) is 2.51. The average molecular weight is 275 g/mol. The average Bonchev–Trinajstić information content (AvgIpc) is 3.14. The monoisotopic (exact) mass is 275 g/mol. The third kappa shape index (κ3) is 7.10. The van der Waals surface area contributed by atoms with Crippen molar-refractivity contribution in [3.8, 4) is 0 Å². The molecule has 0 aromatic rings. The maximum atomic E-state index is 11.0. The number of hydrogen-bond donors (Lipinski definition) is 1. The van der Waals surface area contributed by atoms with Crippen LogP contribution in [0, 0.1) is 0 Å². The predicted octanol–water partition coefficient (Wildman–Crippen LogP) is 2.79. The van der Waals surface area contributed by atoms with Crippen LogP contribution in [0.25, 0.3) is 0 Å². The number of nitrogens with one attached hydrogen (secondary N) is 1. The number of rotatable bonds is 8. The molecule has 0 bridgehead atoms. The van der Waals surface area contributed by atoms with Gasteiger partial charge in [-0.1, -0.05) is 42.3 Å². The Hall–Kier alpha value is -0.440. The van der Waals surface area contributed by atoms with E-state index in [4.69, 9.17) is 9.47 Å². The van der Waals surface area contributed by atoms with E-state index < -0.39 is 0 Å². The Morgan fingerprint density at radius 2 is 2.11 bits per heavy atom. The Morgan fingerprint density at radius 1 is 1.44 bits per heavy atom. The summed E-state index contributed by atoms with van der Waals surface area (Å²) < 4.78 is 11.0. The molecular weight excluding hydrogens is 249 g/mol. The van der Waals surface area contributed by atoms with Crippen LogP contribution >= 0.6 is 8.20 Å². The molecule has 2 unspecified atom stereocenters. The lowest BCUT2D eigenvalue weighted by atomic mass is 10.3. The molecule has 1 N–H and O–H groups in total. The molecule has 0 aromatic carbocycles. The standard InChI is InChI=1S/C11H20NO3P.C2H6/c1-4-6-8-11(16-8)15-10(5-2)14-7-9(13)12-3;1-2/h8,10H,4-7H2,1-3H3,(H,12,13);1-2H3. The third-order valence-electron chi connectivity index (χ3n) is 2.33. The van der Waals surface area contributed by atoms with Crippen LogP contribution in [0.3, 0.4) is 0 Å². The molecular formula is C13H26NO3P. The van der Waals surface area contributed by atoms with E-state index in [1.807, 2.05) is 20.8 Å². The highest BCUT2D eigenvalue weighted by Gasteiger charge is 2.28. The molecule has 5 heteroatoms. The summed E-state index contributed by atoms with van der Waals surface area (Å²) in [6, 6.07) is 0. The van der Waals surface area contributed by atoms with E-state index in [2.05, 4.69) is 12.2 Å². The summed E-state index contributed by atoms with van der Waals surface area (Å²) in [5.41, 5.74) is 1.72. The largest absolute Gasteiger partial charge is 0.357 e. The lowest BCUT2D eigenvalue weighted by Crippen LogP contribution is -2.28. The van der Waals surface area contributed by atoms with Crippen molar-refractivity contribution in [3.63, 3.8) is 0 Å². The van der Waals surface area contributed by atoms with Gasteiger partial charge in [0.05, 0.1) is 11.1 Å². The minimum absolute atomic E-state index is 0.0671. The van der Waals surface area contributed by atoms with Gasteiger partial charge in [0.25, 0.3) is 0 Å². The second-order valence-electron chi connectivity index (χ2n) is 3.71. The van der Waals surface area contributed by atoms with Gasteiger partial charge in [-0.05, 0) is 12.8 Å². The summed E-state index contributed by atoms with van der Waals surface area (Å²) in [5.74, 6) is -0.120. The Morgan fingerprint density at radius 3 is 2.61 bits per heavy atom. The van der Waals surface area contributed by atoms with Crippen molar-refractivity contribution in [2.45, 2.75) is 58.9 Å². The van der Waals surface area contributed by atoms with Gasteiger partial charge in [-0.3, -0.25) is 4.79 Å². The van der Waals surface area contributed by atoms with Crippen molar-refractivity contribution >= 4 is 19.6 Å². The lowest BCUT2D eigenvalue weighted by Gasteiger charge is -2.14. The molecule has 0 radical (unpaired) electrons. The van der Waals surface area contributed by atoms with Crippen LogP contribution in [0.5, 0.6) is 0 Å². The van der Waals surface area contributed by atoms with E-state index in [0.717, 1.165) is 11.9 Å². The SMILES string of the molecule is CC.CCCC1P=C1OC(CC)OCC(=O)NC. The Bertz CT molecular complexity index is 269. The first-order chi connectivity index (χ1) is 8.71. The Balaban J connectivity index is 0.00000137. The molecule has 1 aliphatic rings. The highest BCUT2D eigenvalue weighted by molar-refractivity contribution is 7.54. The quantitative estimate of drug-likeness (QED) is 0.547. The molecule has 2 atom stereocenters. The molecule has 18 heavy (non-hydrogen) atoms. The van der Waals surface area contributed by atoms with Crippen LogP contribution < -0.4 is 5.32 Å². The predicted molar refractivity (Wildman–Crippen MR) is 77.2 cm³/mol. The Kier molecular flexibility index (Phi) is 10.2. The van der Waals surface area contributed by atoms with Gasteiger partial charge in [-0.15, -0.1) is 0 Å². The van der Waals surface area contributed by atoms with Crippen LogP contribution in [0.1, 0.15) is 47.0 Å². The fraction of sp³-hybridized carbons (Fsp3) is 0.846. The lowest BCUT2D eigenvalue weighted by molar-refractivity contribution is -0.138. The second-order valence-corrected chi connectivity index (χ2v) is 5.03. The maximum absolute atomic E-state index is 11.0. The topological polar surface area (TPSA) is 47.6 Å². The molecule has 1 aliphatic heterocycles. The van der Waals surface area contributed by atoms with Gasteiger partial charge in [-0.25, -0.2) is 0 Å². The van der Waals surface area contributed by atoms with E-state index >= 15 is 0 Å². The van der Waals surface area contributed by atoms with Gasteiger partial charge >= 0.3 is 0 Å². The Labute approximate surface area is 112 Å². The highest BCUT2D eigenvalue weighted by atomic mass is 31.1. The number of carbonyl (C=O) groups excluding carboxylic acids is 1. The zero-order chi connectivity index (χ0) is 14.0. The summed E-state index contributed by atoms with van der Waals surface area (Å²) in [6.07, 6.45) is 2.85. The molecule has 1 heterocycles. The third-order valence-corrected chi connectivity index (χ3v) is 3.52. The normalized spacial score (nSPS) is 19.2. The number of likely N-dealkylation sites (N-methyl/N-ethyl adjacent to an activating group) is 1. The number of hydrogen-bond acceptors (Lipinski definition) is 3. The van der Waals surface area contributed by atoms with Gasteiger partial charge in [0, 0.05) is 7.05 Å². The van der Waals surface area contributed by atoms with Crippen molar-refractivity contribution in [1.29, 1.82) is 0 Å². The van der Waals surface area contributed by atoms with E-state index in [9.17, 15) is 4.79 Å². The molecule has 106 valence electrons. The number of amides is 1. The minimum Gasteiger partial charge on any atom is -0.357 e. The molecule has 1 amide bonds. The molecule has 0 saturated heterocycles. The number of carbonyl (C=O) groups is 1. The van der Waals surface area contributed by atoms with Crippen LogP contribution in [-0.4, -0.2) is 37.0 Å². The molecule has 0 saturated carbocycles. The van der Waals surface area contributed by atoms with Gasteiger partial charge in [0.2, 0.25) is 5.91 Å². The van der Waals surface area contributed by atoms with Crippen LogP contribution in [0.4, 0.5) is 0 Å². The molecule has 0 aliphatic carbocycles.